The van der Waals surface area contributed by atoms with Crippen molar-refractivity contribution >= 4 is 41.4 Å². The highest BCUT2D eigenvalue weighted by atomic mass is 16.7. The van der Waals surface area contributed by atoms with Gasteiger partial charge in [-0.3, -0.25) is 33.6 Å². The van der Waals surface area contributed by atoms with Gasteiger partial charge in [-0.15, -0.1) is 0 Å². The standard InChI is InChI=1S/C102H184N8O33/c1-7-9-11-13-15-17-19-21-23-25-27-29-31-33-35-39-46-102(47-40-36-34-32-30-28-26-24-22-20-18-16-14-12-10-8-2)139-74-81(143-102)70-110(6)51-41-37-38-42-88(120)109-101(75-133-52-43-85(117)103-48-55-127-58-61-130-64-67-136-98-89(106-78(3)114)95(124)92(121)82(71-111)140-98,76-134-53-44-86(118)104-49-56-128-59-62-131-65-68-137-99-90(107-79(4)115)96(125)93(122)83(72-112)141-99)77-135-54-45-87(119)105-50-57-129-60-63-132-66-69-138-100-91(108-80(5)116)97(126)94(123)84(73-113)142-100/h15-18,21-24,81-84,89-100,111-113,121-126H,7-14,19-20,25-77H2,1-6H3,(H,103,117)(H,104,118)(H,105,119)(H,106,114)(H,107,115)(H,108,116)(H,109,120)/b17-15-,18-16-,23-21-,24-22-/t81-,82?,83?,84?,89?,90?,91?,92-,93-,94-,95+,96+,97+,98+,99+,100+,101?/m0/s1. The van der Waals surface area contributed by atoms with Crippen LogP contribution in [0.15, 0.2) is 48.6 Å². The lowest BCUT2D eigenvalue weighted by molar-refractivity contribution is -0.272. The minimum absolute atomic E-state index is 0.0312. The molecule has 16 N–H and O–H groups in total. The van der Waals surface area contributed by atoms with E-state index in [-0.39, 0.29) is 214 Å². The summed E-state index contributed by atoms with van der Waals surface area (Å²) < 4.78 is 100.0. The van der Waals surface area contributed by atoms with Crippen LogP contribution < -0.4 is 37.2 Å². The minimum Gasteiger partial charge on any atom is -0.394 e. The normalized spacial score (nSPS) is 23.4. The molecule has 4 heterocycles. The van der Waals surface area contributed by atoms with E-state index in [4.69, 9.17) is 80.5 Å². The molecule has 4 aliphatic heterocycles. The molecule has 0 bridgehead atoms. The van der Waals surface area contributed by atoms with Gasteiger partial charge in [-0.05, 0) is 103 Å². The van der Waals surface area contributed by atoms with E-state index in [1.807, 2.05) is 0 Å². The van der Waals surface area contributed by atoms with Crippen molar-refractivity contribution in [2.24, 2.45) is 0 Å². The van der Waals surface area contributed by atoms with Crippen LogP contribution in [0.3, 0.4) is 0 Å². The molecule has 0 aromatic rings. The molecular weight excluding hydrogens is 1870 g/mol. The molecule has 41 heteroatoms. The zero-order chi connectivity index (χ0) is 104. The van der Waals surface area contributed by atoms with E-state index in [0.29, 0.717) is 26.0 Å². The van der Waals surface area contributed by atoms with Gasteiger partial charge >= 0.3 is 0 Å². The fraction of sp³-hybridized carbons (Fsp3) is 0.853. The van der Waals surface area contributed by atoms with Crippen LogP contribution in [0.25, 0.3) is 0 Å². The lowest BCUT2D eigenvalue weighted by Crippen LogP contribution is -2.64. The monoisotopic (exact) mass is 2050 g/mol. The van der Waals surface area contributed by atoms with E-state index in [2.05, 4.69) is 112 Å². The molecule has 0 aromatic heterocycles. The Hall–Kier alpha value is -5.83. The Bertz CT molecular complexity index is 3120. The van der Waals surface area contributed by atoms with Gasteiger partial charge in [0.15, 0.2) is 24.7 Å². The largest absolute Gasteiger partial charge is 0.394 e. The summed E-state index contributed by atoms with van der Waals surface area (Å²) in [7, 11) is 2.09. The highest BCUT2D eigenvalue weighted by molar-refractivity contribution is 5.78. The number of unbranched alkanes of at least 4 members (excludes halogenated alkanes) is 20. The summed E-state index contributed by atoms with van der Waals surface area (Å²) in [5.74, 6) is -3.51. The first-order valence-electron chi connectivity index (χ1n) is 52.8. The van der Waals surface area contributed by atoms with Gasteiger partial charge in [-0.25, -0.2) is 0 Å². The molecule has 4 saturated heterocycles. The van der Waals surface area contributed by atoms with Crippen LogP contribution in [-0.2, 0) is 114 Å². The minimum atomic E-state index is -1.46. The first-order valence-corrected chi connectivity index (χ1v) is 52.8. The smallest absolute Gasteiger partial charge is 0.222 e. The Labute approximate surface area is 849 Å². The van der Waals surface area contributed by atoms with Gasteiger partial charge in [-0.2, -0.15) is 0 Å². The maximum Gasteiger partial charge on any atom is 0.222 e. The second-order valence-corrected chi connectivity index (χ2v) is 37.1. The van der Waals surface area contributed by atoms with E-state index in [1.54, 1.807) is 0 Å². The van der Waals surface area contributed by atoms with Crippen LogP contribution in [0.5, 0.6) is 0 Å². The van der Waals surface area contributed by atoms with Crippen LogP contribution >= 0.6 is 0 Å². The number of aliphatic hydroxyl groups excluding tert-OH is 9. The predicted octanol–water partition coefficient (Wildman–Crippen LogP) is 4.40. The highest BCUT2D eigenvalue weighted by Gasteiger charge is 2.49. The molecule has 16 atom stereocenters. The zero-order valence-corrected chi connectivity index (χ0v) is 86.7. The van der Waals surface area contributed by atoms with E-state index < -0.39 is 141 Å². The third kappa shape index (κ3) is 60.6. The number of amides is 7. The number of carbonyl (C=O) groups excluding carboxylic acids is 7. The third-order valence-corrected chi connectivity index (χ3v) is 24.5. The Morgan fingerprint density at radius 1 is 0.364 bits per heavy atom. The summed E-state index contributed by atoms with van der Waals surface area (Å²) in [5, 5.41) is 111. The van der Waals surface area contributed by atoms with Crippen LogP contribution in [0.2, 0.25) is 0 Å². The Balaban J connectivity index is 1.37. The van der Waals surface area contributed by atoms with Crippen molar-refractivity contribution in [3.05, 3.63) is 48.6 Å². The number of aliphatic hydroxyl groups is 9. The summed E-state index contributed by atoms with van der Waals surface area (Å²) in [4.78, 5) is 91.9. The van der Waals surface area contributed by atoms with E-state index in [9.17, 15) is 79.5 Å². The summed E-state index contributed by atoms with van der Waals surface area (Å²) in [6, 6.07) is -3.31. The number of nitrogens with zero attached hydrogens (tertiary/aromatic N) is 1. The predicted molar refractivity (Wildman–Crippen MR) is 533 cm³/mol. The number of ether oxygens (including phenoxy) is 17. The molecule has 0 radical (unpaired) electrons. The second-order valence-electron chi connectivity index (χ2n) is 37.1. The molecule has 7 amide bonds. The highest BCUT2D eigenvalue weighted by Crippen LogP contribution is 2.36. The first kappa shape index (κ1) is 129. The van der Waals surface area contributed by atoms with Gasteiger partial charge in [0.25, 0.3) is 0 Å². The average Bonchev–Trinajstić information content (AvgIpc) is 1.38. The molecule has 4 fully saturated rings. The molecule has 830 valence electrons. The lowest BCUT2D eigenvalue weighted by atomic mass is 9.97. The van der Waals surface area contributed by atoms with Crippen LogP contribution in [-0.4, -0.2) is 407 Å². The molecule has 143 heavy (non-hydrogen) atoms. The van der Waals surface area contributed by atoms with Crippen LogP contribution in [0.1, 0.15) is 247 Å². The van der Waals surface area contributed by atoms with Gasteiger partial charge < -0.3 is 169 Å². The molecular formula is C102H184N8O33. The topological polar surface area (TPSA) is 546 Å². The van der Waals surface area contributed by atoms with Gasteiger partial charge in [0, 0.05) is 85.5 Å². The molecule has 0 spiro atoms. The number of nitrogens with one attached hydrogen (secondary N) is 7. The summed E-state index contributed by atoms with van der Waals surface area (Å²) >= 11 is 0. The average molecular weight is 2050 g/mol. The van der Waals surface area contributed by atoms with Crippen molar-refractivity contribution in [3.63, 3.8) is 0 Å². The van der Waals surface area contributed by atoms with Gasteiger partial charge in [-0.1, -0.05) is 146 Å². The van der Waals surface area contributed by atoms with E-state index >= 15 is 0 Å². The van der Waals surface area contributed by atoms with Crippen LogP contribution in [0, 0.1) is 0 Å². The lowest BCUT2D eigenvalue weighted by Gasteiger charge is -2.42. The molecule has 4 rings (SSSR count). The number of rotatable bonds is 90. The first-order chi connectivity index (χ1) is 69.3. The second kappa shape index (κ2) is 83.0. The Morgan fingerprint density at radius 2 is 0.678 bits per heavy atom. The van der Waals surface area contributed by atoms with Crippen molar-refractivity contribution in [1.82, 2.24) is 42.1 Å². The Morgan fingerprint density at radius 3 is 1.01 bits per heavy atom. The molecule has 0 saturated carbocycles. The molecule has 0 aromatic carbocycles. The van der Waals surface area contributed by atoms with Crippen molar-refractivity contribution in [2.75, 3.05) is 205 Å². The summed E-state index contributed by atoms with van der Waals surface area (Å²) in [6.07, 6.45) is 34.5. The zero-order valence-electron chi connectivity index (χ0n) is 86.7. The molecule has 4 aliphatic rings. The number of likely N-dealkylation sites (N-methyl/N-ethyl adjacent to an activating group) is 1. The number of hydrogen-bond acceptors (Lipinski definition) is 34. The van der Waals surface area contributed by atoms with Crippen molar-refractivity contribution < 1.29 is 160 Å². The van der Waals surface area contributed by atoms with Gasteiger partial charge in [0.1, 0.15) is 78.6 Å². The fourth-order valence-corrected chi connectivity index (χ4v) is 16.6. The summed E-state index contributed by atoms with van der Waals surface area (Å²) in [5.41, 5.74) is -1.42. The fourth-order valence-electron chi connectivity index (χ4n) is 16.6. The van der Waals surface area contributed by atoms with Crippen LogP contribution in [0.4, 0.5) is 0 Å². The molecule has 41 nitrogen and oxygen atoms in total. The SMILES string of the molecule is CCCCC/C=C\C/C=C\CCCCCCCCC1(CCCCCCCC/C=C\C/C=C\CCCCC)OC[C@H](CN(C)CCCCCC(=O)NC(COCCC(=O)NCCOCCOCCO[C@@H]2OC(CO)[C@H](O)[C@H](O)C2NC(C)=O)(COCCC(=O)NCCOCCOCCO[C@@H]2OC(CO)[C@H](O)[C@H](O)C2NC(C)=O)COCCC(=O)NCCOCCOCCO[C@@H]2OC(CO)[C@H](O)[C@H](O)C2NC(C)=O)O1. The molecule has 6 unspecified atom stereocenters. The van der Waals surface area contributed by atoms with Crippen molar-refractivity contribution in [2.45, 2.75) is 356 Å². The van der Waals surface area contributed by atoms with E-state index in [0.717, 1.165) is 77.2 Å². The maximum absolute atomic E-state index is 14.4. The summed E-state index contributed by atoms with van der Waals surface area (Å²) in [6.45, 7) is 9.12. The number of hydrogen-bond donors (Lipinski definition) is 16. The van der Waals surface area contributed by atoms with E-state index in [1.165, 1.54) is 124 Å². The number of carbonyl (C=O) groups is 7. The van der Waals surface area contributed by atoms with Crippen molar-refractivity contribution in [1.29, 1.82) is 0 Å². The Kier molecular flexibility index (Phi) is 75.1. The molecule has 0 aliphatic carbocycles. The van der Waals surface area contributed by atoms with Gasteiger partial charge in [0.2, 0.25) is 41.4 Å². The number of allylic oxidation sites excluding steroid dienone is 8. The van der Waals surface area contributed by atoms with Crippen molar-refractivity contribution in [3.8, 4) is 0 Å². The third-order valence-electron chi connectivity index (χ3n) is 24.5. The quantitative estimate of drug-likeness (QED) is 0.0296. The maximum atomic E-state index is 14.4. The van der Waals surface area contributed by atoms with Gasteiger partial charge in [0.05, 0.1) is 171 Å².